The third-order valence-corrected chi connectivity index (χ3v) is 20.3. The number of thiocarbonyl (C=S) groups is 8. The molecule has 0 aromatic rings. The smallest absolute Gasteiger partial charge is 0.146 e. The summed E-state index contributed by atoms with van der Waals surface area (Å²) >= 11 is 40.6. The molecule has 0 saturated carbocycles. The molecule has 0 spiro atoms. The molecule has 0 fully saturated rings. The van der Waals surface area contributed by atoms with Crippen LogP contribution in [0.1, 0.15) is 0 Å². The topological polar surface area (TPSA) is 25.9 Å². The van der Waals surface area contributed by atoms with Gasteiger partial charge in [-0.25, -0.2) is 0 Å². The lowest BCUT2D eigenvalue weighted by Gasteiger charge is -2.15. The first-order chi connectivity index (χ1) is 21.8. The minimum Gasteiger partial charge on any atom is -0.363 e. The van der Waals surface area contributed by atoms with Gasteiger partial charge in [-0.2, -0.15) is 27.0 Å². The Morgan fingerprint density at radius 2 is 0.280 bits per heavy atom. The van der Waals surface area contributed by atoms with Crippen molar-refractivity contribution in [3.63, 3.8) is 0 Å². The van der Waals surface area contributed by atoms with Crippen LogP contribution in [0.15, 0.2) is 0 Å². The number of nitrogens with zero attached hydrogens (tertiary/aromatic N) is 8. The Bertz CT molecular complexity index is 797. The van der Waals surface area contributed by atoms with Crippen LogP contribution in [0.4, 0.5) is 0 Å². The Balaban J connectivity index is -0.000000127. The highest BCUT2D eigenvalue weighted by Crippen LogP contribution is 2.28. The summed E-state index contributed by atoms with van der Waals surface area (Å²) < 4.78 is 6.70. The van der Waals surface area contributed by atoms with E-state index in [1.54, 1.807) is 0 Å². The fraction of sp³-hybridized carbons (Fsp3) is 0.667. The van der Waals surface area contributed by atoms with Crippen LogP contribution in [0.25, 0.3) is 0 Å². The van der Waals surface area contributed by atoms with E-state index in [4.69, 9.17) is 97.7 Å². The maximum atomic E-state index is 5.07. The van der Waals surface area contributed by atoms with Crippen molar-refractivity contribution in [1.29, 1.82) is 0 Å². The maximum absolute atomic E-state index is 5.07. The quantitative estimate of drug-likeness (QED) is 0.171. The van der Waals surface area contributed by atoms with Gasteiger partial charge in [0.1, 0.15) is 34.6 Å². The van der Waals surface area contributed by atoms with Crippen LogP contribution < -0.4 is 0 Å². The van der Waals surface area contributed by atoms with Gasteiger partial charge in [-0.05, 0) is 86.4 Å². The van der Waals surface area contributed by atoms with E-state index in [1.807, 2.05) is 152 Å². The van der Waals surface area contributed by atoms with E-state index in [1.165, 1.54) is 86.4 Å². The lowest BCUT2D eigenvalue weighted by atomic mass is 11.0. The van der Waals surface area contributed by atoms with Gasteiger partial charge in [0.2, 0.25) is 0 Å². The molecule has 0 aromatic heterocycles. The Labute approximate surface area is 392 Å². The van der Waals surface area contributed by atoms with E-state index in [2.05, 4.69) is 0 Å². The van der Waals surface area contributed by atoms with Crippen molar-refractivity contribution in [2.45, 2.75) is 0 Å². The average Bonchev–Trinajstić information content (AvgIpc) is 2.99. The molecule has 0 saturated heterocycles. The highest BCUT2D eigenvalue weighted by atomic mass is 33.1. The molecule has 0 heterocycles. The lowest BCUT2D eigenvalue weighted by molar-refractivity contribution is 0.647. The maximum Gasteiger partial charge on any atom is 0.146 e. The van der Waals surface area contributed by atoms with E-state index in [0.717, 1.165) is 34.6 Å². The summed E-state index contributed by atoms with van der Waals surface area (Å²) in [6.07, 6.45) is 0. The third-order valence-electron chi connectivity index (χ3n) is 3.66. The zero-order chi connectivity index (χ0) is 38.9. The Hall–Kier alpha value is 2.62. The molecule has 26 heteroatoms. The monoisotopic (exact) mass is 1030 g/mol. The van der Waals surface area contributed by atoms with Gasteiger partial charge in [0, 0.05) is 113 Å². The fourth-order valence-corrected chi connectivity index (χ4v) is 10.4. The minimum absolute atomic E-state index is 0. The van der Waals surface area contributed by atoms with Gasteiger partial charge in [0.25, 0.3) is 0 Å². The van der Waals surface area contributed by atoms with Crippen molar-refractivity contribution < 1.29 is 0 Å². The highest BCUT2D eigenvalue weighted by Gasteiger charge is 2.07. The molecule has 0 unspecified atom stereocenters. The predicted octanol–water partition coefficient (Wildman–Crippen LogP) is 8.47. The van der Waals surface area contributed by atoms with Gasteiger partial charge < -0.3 is 39.2 Å². The molecule has 0 amide bonds. The lowest BCUT2D eigenvalue weighted by Crippen LogP contribution is -2.18. The molecule has 0 radical (unpaired) electrons. The Morgan fingerprint density at radius 1 is 0.220 bits per heavy atom. The summed E-state index contributed by atoms with van der Waals surface area (Å²) in [6, 6.07) is 0. The van der Waals surface area contributed by atoms with Crippen molar-refractivity contribution in [3.8, 4) is 0 Å². The van der Waals surface area contributed by atoms with Gasteiger partial charge in [0.05, 0.1) is 0 Å². The van der Waals surface area contributed by atoms with E-state index in [-0.39, 0.29) is 27.0 Å². The van der Waals surface area contributed by atoms with E-state index >= 15 is 0 Å². The zero-order valence-electron chi connectivity index (χ0n) is 31.1. The summed E-state index contributed by atoms with van der Waals surface area (Å²) in [6.45, 7) is 0. The zero-order valence-corrected chi connectivity index (χ0v) is 46.2. The highest BCUT2D eigenvalue weighted by molar-refractivity contribution is 8.90. The minimum atomic E-state index is 0. The van der Waals surface area contributed by atoms with E-state index in [0.29, 0.717) is 0 Å². The molecule has 296 valence electrons. The van der Waals surface area contributed by atoms with Crippen LogP contribution >= 0.6 is 211 Å². The van der Waals surface area contributed by atoms with Crippen LogP contribution in [0.5, 0.6) is 0 Å². The average molecular weight is 1030 g/mol. The molecule has 0 bridgehead atoms. The van der Waals surface area contributed by atoms with Crippen LogP contribution in [-0.2, 0) is 0 Å². The molecule has 8 nitrogen and oxygen atoms in total. The third kappa shape index (κ3) is 41.8. The normalized spacial score (nSPS) is 8.96. The first-order valence-corrected chi connectivity index (χ1v) is 24.7. The second-order valence-electron chi connectivity index (χ2n) is 9.95. The molecule has 50 heavy (non-hydrogen) atoms. The van der Waals surface area contributed by atoms with Crippen molar-refractivity contribution in [2.75, 3.05) is 113 Å². The molecule has 0 aliphatic rings. The van der Waals surface area contributed by atoms with E-state index < -0.39 is 0 Å². The molecule has 0 aliphatic heterocycles. The van der Waals surface area contributed by atoms with Crippen LogP contribution in [0.2, 0.25) is 0 Å². The standard InChI is InChI=1S/4C6H12N2S4.2H2S/c4*1-7(2)5(9)11-12-6(10)8(3)4;;/h4*1-4H3;2*1H2. The SMILES string of the molecule is CN(C)C(=S)SSC(=S)N(C)C.CN(C)C(=S)SSC(=S)N(C)C.CN(C)C(=S)SSC(=S)N(C)C.CN(C)C(=S)SSC(=S)N(C)C.S.S. The molecular formula is C24H52N8S18. The van der Waals surface area contributed by atoms with Gasteiger partial charge in [-0.1, -0.05) is 97.7 Å². The molecule has 0 rings (SSSR count). The van der Waals surface area contributed by atoms with Crippen molar-refractivity contribution in [3.05, 3.63) is 0 Å². The number of hydrogen-bond acceptors (Lipinski definition) is 16. The van der Waals surface area contributed by atoms with Crippen molar-refractivity contribution >= 4 is 246 Å². The first-order valence-electron chi connectivity index (χ1n) is 12.9. The second-order valence-corrected chi connectivity index (χ2v) is 23.5. The summed E-state index contributed by atoms with van der Waals surface area (Å²) in [5, 5.41) is 0. The summed E-state index contributed by atoms with van der Waals surface area (Å²) in [5.74, 6) is 0. The Kier molecular flexibility index (Phi) is 49.7. The molecule has 0 aliphatic carbocycles. The summed E-state index contributed by atoms with van der Waals surface area (Å²) in [4.78, 5) is 15.2. The van der Waals surface area contributed by atoms with Gasteiger partial charge in [-0.15, -0.1) is 0 Å². The molecule has 0 atom stereocenters. The largest absolute Gasteiger partial charge is 0.363 e. The fourth-order valence-electron chi connectivity index (χ4n) is 0.881. The van der Waals surface area contributed by atoms with Crippen molar-refractivity contribution in [2.24, 2.45) is 0 Å². The van der Waals surface area contributed by atoms with Crippen molar-refractivity contribution in [1.82, 2.24) is 39.2 Å². The summed E-state index contributed by atoms with van der Waals surface area (Å²) in [7, 11) is 42.9. The van der Waals surface area contributed by atoms with Gasteiger partial charge in [-0.3, -0.25) is 0 Å². The first kappa shape index (κ1) is 64.5. The predicted molar refractivity (Wildman–Crippen MR) is 292 cm³/mol. The summed E-state index contributed by atoms with van der Waals surface area (Å²) in [5.41, 5.74) is 0. The molecule has 0 N–H and O–H groups in total. The second kappa shape index (κ2) is 38.5. The van der Waals surface area contributed by atoms with Crippen LogP contribution in [0.3, 0.4) is 0 Å². The van der Waals surface area contributed by atoms with Gasteiger partial charge in [0.15, 0.2) is 0 Å². The number of hydrogen-bond donors (Lipinski definition) is 0. The number of rotatable bonds is 0. The molecular weight excluding hydrogens is 978 g/mol. The molecule has 0 aromatic carbocycles. The van der Waals surface area contributed by atoms with Crippen LogP contribution in [0, 0.1) is 0 Å². The van der Waals surface area contributed by atoms with Gasteiger partial charge >= 0.3 is 0 Å². The Morgan fingerprint density at radius 3 is 0.320 bits per heavy atom. The van der Waals surface area contributed by atoms with E-state index in [9.17, 15) is 0 Å². The van der Waals surface area contributed by atoms with Crippen LogP contribution in [-0.4, -0.2) is 187 Å².